The first-order chi connectivity index (χ1) is 12.8. The van der Waals surface area contributed by atoms with Gasteiger partial charge in [0.1, 0.15) is 12.4 Å². The fourth-order valence-electron chi connectivity index (χ4n) is 3.36. The maximum absolute atomic E-state index is 12.5. The van der Waals surface area contributed by atoms with Gasteiger partial charge in [-0.15, -0.1) is 11.3 Å². The molecule has 130 valence electrons. The van der Waals surface area contributed by atoms with Gasteiger partial charge in [-0.2, -0.15) is 0 Å². The number of benzene rings is 2. The van der Waals surface area contributed by atoms with Gasteiger partial charge in [-0.1, -0.05) is 61.2 Å². The van der Waals surface area contributed by atoms with Gasteiger partial charge < -0.3 is 10.1 Å². The number of hydrogen-bond donors (Lipinski definition) is 1. The van der Waals surface area contributed by atoms with Gasteiger partial charge in [0.25, 0.3) is 0 Å². The van der Waals surface area contributed by atoms with E-state index in [9.17, 15) is 4.79 Å². The van der Waals surface area contributed by atoms with E-state index >= 15 is 0 Å². The zero-order valence-electron chi connectivity index (χ0n) is 14.3. The molecule has 1 aliphatic rings. The molecule has 1 atom stereocenters. The van der Waals surface area contributed by atoms with E-state index in [1.54, 1.807) is 17.4 Å². The molecule has 0 radical (unpaired) electrons. The van der Waals surface area contributed by atoms with Crippen LogP contribution in [0.25, 0.3) is 11.1 Å². The Kier molecular flexibility index (Phi) is 4.59. The molecule has 0 saturated heterocycles. The summed E-state index contributed by atoms with van der Waals surface area (Å²) >= 11 is 1.69. The lowest BCUT2D eigenvalue weighted by Gasteiger charge is -2.25. The summed E-state index contributed by atoms with van der Waals surface area (Å²) < 4.78 is 5.84. The monoisotopic (exact) mass is 361 g/mol. The molecular weight excluding hydrogens is 342 g/mol. The number of carbonyl (C=O) groups excluding carboxylic acids is 1. The minimum atomic E-state index is 0.00206. The number of para-hydroxylation sites is 1. The largest absolute Gasteiger partial charge is 0.489 e. The molecule has 0 fully saturated rings. The fourth-order valence-corrected chi connectivity index (χ4v) is 4.51. The van der Waals surface area contributed by atoms with E-state index in [0.29, 0.717) is 13.0 Å². The topological polar surface area (TPSA) is 38.3 Å². The lowest BCUT2D eigenvalue weighted by Crippen LogP contribution is -2.22. The Bertz CT molecular complexity index is 946. The standard InChI is InChI=1S/C22H19NO2S/c1-2-12-25-19-11-7-6-10-16(19)17-13-20(24)23-21-18(14-26-22(17)21)15-8-4-3-5-9-15/h2-11,14,17H,1,12-13H2,(H,23,24)/t17-/m1/s1. The second-order valence-corrected chi connectivity index (χ2v) is 7.11. The average Bonchev–Trinajstić information content (AvgIpc) is 3.10. The smallest absolute Gasteiger partial charge is 0.225 e. The van der Waals surface area contributed by atoms with Crippen molar-refractivity contribution in [1.29, 1.82) is 0 Å². The van der Waals surface area contributed by atoms with Gasteiger partial charge >= 0.3 is 0 Å². The number of thiophene rings is 1. The molecule has 1 aliphatic heterocycles. The molecule has 4 heteroatoms. The first-order valence-electron chi connectivity index (χ1n) is 8.57. The number of ether oxygens (including phenoxy) is 1. The van der Waals surface area contributed by atoms with Crippen LogP contribution >= 0.6 is 11.3 Å². The van der Waals surface area contributed by atoms with Crippen molar-refractivity contribution in [2.24, 2.45) is 0 Å². The summed E-state index contributed by atoms with van der Waals surface area (Å²) in [7, 11) is 0. The molecule has 0 unspecified atom stereocenters. The number of rotatable bonds is 5. The van der Waals surface area contributed by atoms with Crippen LogP contribution in [0.15, 0.2) is 72.6 Å². The van der Waals surface area contributed by atoms with E-state index in [2.05, 4.69) is 29.4 Å². The van der Waals surface area contributed by atoms with Gasteiger partial charge in [0.2, 0.25) is 5.91 Å². The van der Waals surface area contributed by atoms with Crippen molar-refractivity contribution < 1.29 is 9.53 Å². The summed E-state index contributed by atoms with van der Waals surface area (Å²) in [5.41, 5.74) is 4.17. The second-order valence-electron chi connectivity index (χ2n) is 6.20. The number of anilines is 1. The third kappa shape index (κ3) is 3.04. The number of carbonyl (C=O) groups is 1. The molecule has 0 bridgehead atoms. The Hall–Kier alpha value is -2.85. The van der Waals surface area contributed by atoms with Crippen LogP contribution in [0.2, 0.25) is 0 Å². The molecule has 0 saturated carbocycles. The minimum Gasteiger partial charge on any atom is -0.489 e. The number of amides is 1. The summed E-state index contributed by atoms with van der Waals surface area (Å²) in [6.45, 7) is 4.16. The first kappa shape index (κ1) is 16.6. The van der Waals surface area contributed by atoms with Crippen LogP contribution in [0, 0.1) is 0 Å². The number of nitrogens with one attached hydrogen (secondary N) is 1. The molecule has 1 aromatic heterocycles. The van der Waals surface area contributed by atoms with Gasteiger partial charge in [-0.25, -0.2) is 0 Å². The molecule has 2 heterocycles. The molecule has 2 aromatic carbocycles. The first-order valence-corrected chi connectivity index (χ1v) is 9.45. The zero-order valence-corrected chi connectivity index (χ0v) is 15.1. The normalized spacial score (nSPS) is 15.8. The fraction of sp³-hybridized carbons (Fsp3) is 0.136. The third-order valence-electron chi connectivity index (χ3n) is 4.53. The molecule has 3 nitrogen and oxygen atoms in total. The summed E-state index contributed by atoms with van der Waals surface area (Å²) in [5.74, 6) is 0.853. The van der Waals surface area contributed by atoms with Crippen LogP contribution in [-0.2, 0) is 4.79 Å². The van der Waals surface area contributed by atoms with Crippen LogP contribution in [-0.4, -0.2) is 12.5 Å². The van der Waals surface area contributed by atoms with E-state index in [1.807, 2.05) is 42.5 Å². The van der Waals surface area contributed by atoms with Gasteiger partial charge in [-0.3, -0.25) is 4.79 Å². The Morgan fingerprint density at radius 2 is 1.92 bits per heavy atom. The molecule has 1 amide bonds. The van der Waals surface area contributed by atoms with Crippen molar-refractivity contribution in [2.45, 2.75) is 12.3 Å². The molecule has 4 rings (SSSR count). The molecule has 0 spiro atoms. The second kappa shape index (κ2) is 7.18. The van der Waals surface area contributed by atoms with E-state index in [4.69, 9.17) is 4.74 Å². The van der Waals surface area contributed by atoms with Gasteiger partial charge in [0, 0.05) is 33.7 Å². The molecule has 3 aromatic rings. The van der Waals surface area contributed by atoms with E-state index in [0.717, 1.165) is 28.1 Å². The summed E-state index contributed by atoms with van der Waals surface area (Å²) in [4.78, 5) is 13.6. The lowest BCUT2D eigenvalue weighted by atomic mass is 9.88. The van der Waals surface area contributed by atoms with Crippen molar-refractivity contribution in [3.05, 3.63) is 83.1 Å². The molecular formula is C22H19NO2S. The van der Waals surface area contributed by atoms with Crippen molar-refractivity contribution in [3.8, 4) is 16.9 Å². The van der Waals surface area contributed by atoms with Crippen molar-refractivity contribution >= 4 is 22.9 Å². The van der Waals surface area contributed by atoms with Gasteiger partial charge in [0.05, 0.1) is 5.69 Å². The Labute approximate surface area is 157 Å². The van der Waals surface area contributed by atoms with Gasteiger partial charge in [-0.05, 0) is 11.6 Å². The van der Waals surface area contributed by atoms with E-state index in [1.165, 1.54) is 4.88 Å². The lowest BCUT2D eigenvalue weighted by molar-refractivity contribution is -0.116. The summed E-state index contributed by atoms with van der Waals surface area (Å²) in [6.07, 6.45) is 2.16. The highest BCUT2D eigenvalue weighted by atomic mass is 32.1. The van der Waals surface area contributed by atoms with Crippen LogP contribution in [0.5, 0.6) is 5.75 Å². The quantitative estimate of drug-likeness (QED) is 0.613. The van der Waals surface area contributed by atoms with Crippen LogP contribution < -0.4 is 10.1 Å². The zero-order chi connectivity index (χ0) is 17.9. The highest BCUT2D eigenvalue weighted by Gasteiger charge is 2.31. The van der Waals surface area contributed by atoms with Crippen LogP contribution in [0.4, 0.5) is 5.69 Å². The summed E-state index contributed by atoms with van der Waals surface area (Å²) in [6, 6.07) is 18.1. The van der Waals surface area contributed by atoms with Gasteiger partial charge in [0.15, 0.2) is 0 Å². The third-order valence-corrected chi connectivity index (χ3v) is 5.62. The highest BCUT2D eigenvalue weighted by Crippen LogP contribution is 2.48. The van der Waals surface area contributed by atoms with E-state index < -0.39 is 0 Å². The average molecular weight is 361 g/mol. The predicted octanol–water partition coefficient (Wildman–Crippen LogP) is 5.45. The van der Waals surface area contributed by atoms with Crippen molar-refractivity contribution in [1.82, 2.24) is 0 Å². The maximum atomic E-state index is 12.5. The minimum absolute atomic E-state index is 0.00206. The van der Waals surface area contributed by atoms with Crippen molar-refractivity contribution in [3.63, 3.8) is 0 Å². The van der Waals surface area contributed by atoms with Crippen LogP contribution in [0.1, 0.15) is 22.8 Å². The summed E-state index contributed by atoms with van der Waals surface area (Å²) in [5, 5.41) is 5.21. The Balaban J connectivity index is 1.79. The van der Waals surface area contributed by atoms with E-state index in [-0.39, 0.29) is 11.8 Å². The SMILES string of the molecule is C=CCOc1ccccc1[C@H]1CC(=O)Nc2c(-c3ccccc3)csc21. The van der Waals surface area contributed by atoms with Crippen LogP contribution in [0.3, 0.4) is 0 Å². The maximum Gasteiger partial charge on any atom is 0.225 e. The molecule has 1 N–H and O–H groups in total. The Morgan fingerprint density at radius 3 is 2.73 bits per heavy atom. The molecule has 0 aliphatic carbocycles. The number of fused-ring (bicyclic) bond motifs is 1. The highest BCUT2D eigenvalue weighted by molar-refractivity contribution is 7.11. The predicted molar refractivity (Wildman–Crippen MR) is 107 cm³/mol. The van der Waals surface area contributed by atoms with Crippen molar-refractivity contribution in [2.75, 3.05) is 11.9 Å². The number of hydrogen-bond acceptors (Lipinski definition) is 3. The molecule has 26 heavy (non-hydrogen) atoms. The Morgan fingerprint density at radius 1 is 1.15 bits per heavy atom.